The topological polar surface area (TPSA) is 98.4 Å². The van der Waals surface area contributed by atoms with E-state index in [9.17, 15) is 13.6 Å². The number of benzene rings is 2. The maximum Gasteiger partial charge on any atom is 0.251 e. The second-order valence-corrected chi connectivity index (χ2v) is 8.61. The molecule has 11 heteroatoms. The minimum Gasteiger partial charge on any atom is -0.494 e. The van der Waals surface area contributed by atoms with Gasteiger partial charge < -0.3 is 15.4 Å². The van der Waals surface area contributed by atoms with Crippen LogP contribution in [-0.4, -0.2) is 37.2 Å². The largest absolute Gasteiger partial charge is 0.494 e. The van der Waals surface area contributed by atoms with Crippen molar-refractivity contribution in [1.82, 2.24) is 29.5 Å². The number of carbonyl (C=O) groups is 1. The van der Waals surface area contributed by atoms with E-state index in [1.54, 1.807) is 39.8 Å². The lowest BCUT2D eigenvalue weighted by Crippen LogP contribution is -2.23. The van der Waals surface area contributed by atoms with Crippen LogP contribution < -0.4 is 15.4 Å². The first kappa shape index (κ1) is 24.9. The number of hydrogen-bond acceptors (Lipinski definition) is 6. The third-order valence-corrected chi connectivity index (χ3v) is 6.18. The number of aryl methyl sites for hydroxylation is 2. The van der Waals surface area contributed by atoms with Crippen molar-refractivity contribution < 1.29 is 18.3 Å². The van der Waals surface area contributed by atoms with Crippen molar-refractivity contribution in [2.24, 2.45) is 7.05 Å². The normalized spacial score (nSPS) is 11.1. The number of hydrogen-bond donors (Lipinski definition) is 2. The van der Waals surface area contributed by atoms with Crippen molar-refractivity contribution in [1.29, 1.82) is 0 Å². The van der Waals surface area contributed by atoms with Gasteiger partial charge in [0.2, 0.25) is 5.82 Å². The average molecular weight is 518 g/mol. The molecule has 194 valence electrons. The van der Waals surface area contributed by atoms with Gasteiger partial charge in [-0.25, -0.2) is 14.4 Å². The summed E-state index contributed by atoms with van der Waals surface area (Å²) in [7, 11) is 3.10. The van der Waals surface area contributed by atoms with E-state index in [2.05, 4.69) is 25.7 Å². The second kappa shape index (κ2) is 10.3. The third-order valence-electron chi connectivity index (χ3n) is 6.18. The molecule has 0 bridgehead atoms. The monoisotopic (exact) mass is 517 g/mol. The quantitative estimate of drug-likeness (QED) is 0.311. The van der Waals surface area contributed by atoms with Crippen molar-refractivity contribution in [2.45, 2.75) is 19.9 Å². The zero-order valence-electron chi connectivity index (χ0n) is 21.0. The Kier molecular flexibility index (Phi) is 6.73. The number of amides is 1. The summed E-state index contributed by atoms with van der Waals surface area (Å²) in [5.74, 6) is -2.02. The molecule has 9 nitrogen and oxygen atoms in total. The lowest BCUT2D eigenvalue weighted by Gasteiger charge is -2.13. The SMILES string of the molecule is CCc1cc(Nc2nccn3c(-c4ccc(OC)c(F)c4F)cnc23)ccc1C(=O)NCc1cnn(C)c1. The molecule has 0 saturated heterocycles. The average Bonchev–Trinajstić information content (AvgIpc) is 3.55. The van der Waals surface area contributed by atoms with E-state index in [0.29, 0.717) is 41.4 Å². The number of nitrogens with zero attached hydrogens (tertiary/aromatic N) is 5. The molecule has 0 saturated carbocycles. The van der Waals surface area contributed by atoms with Crippen molar-refractivity contribution in [2.75, 3.05) is 12.4 Å². The summed E-state index contributed by atoms with van der Waals surface area (Å²) in [5, 5.41) is 10.3. The predicted molar refractivity (Wildman–Crippen MR) is 138 cm³/mol. The highest BCUT2D eigenvalue weighted by Gasteiger charge is 2.19. The number of aromatic nitrogens is 5. The van der Waals surface area contributed by atoms with Crippen molar-refractivity contribution >= 4 is 23.1 Å². The van der Waals surface area contributed by atoms with E-state index >= 15 is 0 Å². The Bertz CT molecular complexity index is 1640. The first-order valence-electron chi connectivity index (χ1n) is 11.9. The Labute approximate surface area is 217 Å². The van der Waals surface area contributed by atoms with Crippen molar-refractivity contribution in [3.63, 3.8) is 0 Å². The van der Waals surface area contributed by atoms with Gasteiger partial charge in [0, 0.05) is 54.6 Å². The Hall–Kier alpha value is -4.80. The number of nitrogens with one attached hydrogen (secondary N) is 2. The van der Waals surface area contributed by atoms with Crippen molar-refractivity contribution in [3.8, 4) is 17.0 Å². The number of imidazole rings is 1. The second-order valence-electron chi connectivity index (χ2n) is 8.61. The molecule has 5 rings (SSSR count). The predicted octanol–water partition coefficient (Wildman–Crippen LogP) is 4.65. The lowest BCUT2D eigenvalue weighted by molar-refractivity contribution is 0.0950. The fourth-order valence-electron chi connectivity index (χ4n) is 4.26. The first-order chi connectivity index (χ1) is 18.4. The van der Waals surface area contributed by atoms with Gasteiger partial charge in [0.25, 0.3) is 5.91 Å². The molecule has 2 N–H and O–H groups in total. The summed E-state index contributed by atoms with van der Waals surface area (Å²) in [6.45, 7) is 2.35. The minimum absolute atomic E-state index is 0.0443. The highest BCUT2D eigenvalue weighted by atomic mass is 19.2. The summed E-state index contributed by atoms with van der Waals surface area (Å²) in [5.41, 5.74) is 3.88. The van der Waals surface area contributed by atoms with Crippen LogP contribution in [0.25, 0.3) is 16.9 Å². The van der Waals surface area contributed by atoms with Gasteiger partial charge in [0.15, 0.2) is 23.0 Å². The van der Waals surface area contributed by atoms with E-state index in [0.717, 1.165) is 11.1 Å². The number of carbonyl (C=O) groups excluding carboxylic acids is 1. The summed E-state index contributed by atoms with van der Waals surface area (Å²) < 4.78 is 37.3. The van der Waals surface area contributed by atoms with Crippen LogP contribution in [0.1, 0.15) is 28.4 Å². The van der Waals surface area contributed by atoms with Crippen LogP contribution >= 0.6 is 0 Å². The number of fused-ring (bicyclic) bond motifs is 1. The molecule has 3 heterocycles. The van der Waals surface area contributed by atoms with Gasteiger partial charge in [-0.2, -0.15) is 9.49 Å². The Balaban J connectivity index is 1.40. The summed E-state index contributed by atoms with van der Waals surface area (Å²) >= 11 is 0. The number of methoxy groups -OCH3 is 1. The van der Waals surface area contributed by atoms with Crippen LogP contribution in [0.4, 0.5) is 20.3 Å². The smallest absolute Gasteiger partial charge is 0.251 e. The molecular weight excluding hydrogens is 492 g/mol. The Morgan fingerprint density at radius 1 is 1.11 bits per heavy atom. The molecule has 38 heavy (non-hydrogen) atoms. The summed E-state index contributed by atoms with van der Waals surface area (Å²) in [4.78, 5) is 21.6. The van der Waals surface area contributed by atoms with Gasteiger partial charge in [-0.1, -0.05) is 6.92 Å². The zero-order valence-corrected chi connectivity index (χ0v) is 21.0. The van der Waals surface area contributed by atoms with E-state index in [4.69, 9.17) is 4.74 Å². The fourth-order valence-corrected chi connectivity index (χ4v) is 4.26. The molecule has 1 amide bonds. The summed E-state index contributed by atoms with van der Waals surface area (Å²) in [6, 6.07) is 8.23. The molecule has 0 unspecified atom stereocenters. The van der Waals surface area contributed by atoms with E-state index in [1.807, 2.05) is 26.2 Å². The summed E-state index contributed by atoms with van der Waals surface area (Å²) in [6.07, 6.45) is 8.82. The zero-order chi connectivity index (χ0) is 26.8. The minimum atomic E-state index is -1.07. The molecule has 0 radical (unpaired) electrons. The number of rotatable bonds is 8. The van der Waals surface area contributed by atoms with Crippen LogP contribution in [0.2, 0.25) is 0 Å². The molecule has 0 spiro atoms. The Morgan fingerprint density at radius 2 is 1.95 bits per heavy atom. The standard InChI is InChI=1S/C27H25F2N7O2/c1-4-17-11-18(5-6-19(17)27(37)32-12-16-13-33-35(2)15-16)34-25-26-31-14-21(36(26)10-9-30-25)20-7-8-22(38-3)24(29)23(20)28/h5-11,13-15H,4,12H2,1-3H3,(H,30,34)(H,32,37). The Morgan fingerprint density at radius 3 is 2.68 bits per heavy atom. The number of ether oxygens (including phenoxy) is 1. The molecule has 0 fully saturated rings. The highest BCUT2D eigenvalue weighted by molar-refractivity contribution is 5.96. The van der Waals surface area contributed by atoms with E-state index in [1.165, 1.54) is 25.4 Å². The van der Waals surface area contributed by atoms with Crippen LogP contribution in [0.5, 0.6) is 5.75 Å². The first-order valence-corrected chi connectivity index (χ1v) is 11.9. The lowest BCUT2D eigenvalue weighted by atomic mass is 10.0. The maximum absolute atomic E-state index is 14.8. The molecule has 3 aromatic heterocycles. The highest BCUT2D eigenvalue weighted by Crippen LogP contribution is 2.31. The van der Waals surface area contributed by atoms with E-state index < -0.39 is 11.6 Å². The van der Waals surface area contributed by atoms with Gasteiger partial charge in [0.05, 0.1) is 25.2 Å². The molecule has 2 aromatic carbocycles. The maximum atomic E-state index is 14.8. The van der Waals surface area contributed by atoms with E-state index in [-0.39, 0.29) is 17.2 Å². The molecule has 5 aromatic rings. The van der Waals surface area contributed by atoms with Gasteiger partial charge >= 0.3 is 0 Å². The van der Waals surface area contributed by atoms with Gasteiger partial charge in [-0.3, -0.25) is 13.9 Å². The van der Waals surface area contributed by atoms with Crippen LogP contribution in [0.15, 0.2) is 61.3 Å². The molecule has 0 aliphatic rings. The van der Waals surface area contributed by atoms with Gasteiger partial charge in [-0.05, 0) is 42.3 Å². The molecular formula is C27H25F2N7O2. The van der Waals surface area contributed by atoms with Gasteiger partial charge in [-0.15, -0.1) is 0 Å². The molecule has 0 aliphatic carbocycles. The number of anilines is 2. The molecule has 0 aliphatic heterocycles. The van der Waals surface area contributed by atoms with Crippen LogP contribution in [0, 0.1) is 11.6 Å². The fraction of sp³-hybridized carbons (Fsp3) is 0.185. The third kappa shape index (κ3) is 4.65. The molecule has 0 atom stereocenters. The van der Waals surface area contributed by atoms with Gasteiger partial charge in [0.1, 0.15) is 0 Å². The van der Waals surface area contributed by atoms with Crippen LogP contribution in [0.3, 0.4) is 0 Å². The number of halogens is 2. The van der Waals surface area contributed by atoms with Crippen molar-refractivity contribution in [3.05, 3.63) is 89.6 Å². The van der Waals surface area contributed by atoms with Crippen LogP contribution in [-0.2, 0) is 20.0 Å².